The summed E-state index contributed by atoms with van der Waals surface area (Å²) in [6.45, 7) is 0. The van der Waals surface area contributed by atoms with Crippen LogP contribution < -0.4 is 4.74 Å². The molecule has 1 N–H and O–H groups in total. The minimum Gasteiger partial charge on any atom is -0.479 e. The fourth-order valence-electron chi connectivity index (χ4n) is 2.15. The second-order valence-electron chi connectivity index (χ2n) is 4.35. The predicted molar refractivity (Wildman–Crippen MR) is 79.9 cm³/mol. The van der Waals surface area contributed by atoms with Gasteiger partial charge in [-0.15, -0.1) is 0 Å². The molecule has 3 rings (SSSR count). The molecule has 0 aliphatic rings. The van der Waals surface area contributed by atoms with E-state index in [2.05, 4.69) is 21.0 Å². The molecule has 0 radical (unpaired) electrons. The maximum absolute atomic E-state index is 8.71. The number of fused-ring (bicyclic) bond motifs is 1. The van der Waals surface area contributed by atoms with Crippen molar-refractivity contribution in [2.24, 2.45) is 0 Å². The summed E-state index contributed by atoms with van der Waals surface area (Å²) in [6, 6.07) is 9.74. The van der Waals surface area contributed by atoms with Crippen LogP contribution in [-0.2, 0) is 6.42 Å². The van der Waals surface area contributed by atoms with E-state index in [1.807, 2.05) is 28.8 Å². The maximum Gasteiger partial charge on any atom is 0.242 e. The Morgan fingerprint density at radius 3 is 2.76 bits per heavy atom. The van der Waals surface area contributed by atoms with Crippen LogP contribution in [0.1, 0.15) is 5.56 Å². The summed E-state index contributed by atoms with van der Waals surface area (Å²) in [5.41, 5.74) is 3.14. The largest absolute Gasteiger partial charge is 0.479 e. The zero-order valence-electron chi connectivity index (χ0n) is 11.2. The van der Waals surface area contributed by atoms with Crippen molar-refractivity contribution in [3.8, 4) is 17.6 Å². The lowest BCUT2D eigenvalue weighted by atomic mass is 10.1. The fraction of sp³-hybridized carbons (Fsp3) is 0.143. The Hall–Kier alpha value is -2.72. The molecule has 21 heavy (non-hydrogen) atoms. The molecule has 104 valence electrons. The summed E-state index contributed by atoms with van der Waals surface area (Å²) in [6.07, 6.45) is 1.82. The van der Waals surface area contributed by atoms with Crippen LogP contribution in [0.3, 0.4) is 0 Å². The zero-order chi connectivity index (χ0) is 14.8. The predicted octanol–water partition coefficient (Wildman–Crippen LogP) is 2.55. The topological polar surface area (TPSA) is 79.5 Å². The van der Waals surface area contributed by atoms with Crippen molar-refractivity contribution in [2.75, 3.05) is 7.11 Å². The van der Waals surface area contributed by atoms with Crippen LogP contribution in [0, 0.1) is 16.1 Å². The van der Waals surface area contributed by atoms with E-state index in [9.17, 15) is 0 Å². The lowest BCUT2D eigenvalue weighted by molar-refractivity contribution is 0.401. The number of ether oxygens (including phenoxy) is 1. The Balaban J connectivity index is 2.18. The molecule has 2 aromatic heterocycles. The smallest absolute Gasteiger partial charge is 0.242 e. The number of aromatic nitrogens is 4. The second-order valence-corrected chi connectivity index (χ2v) is 4.74. The Kier molecular flexibility index (Phi) is 3.38. The van der Waals surface area contributed by atoms with Crippen molar-refractivity contribution in [3.63, 3.8) is 0 Å². The number of H-pyrrole nitrogens is 1. The average Bonchev–Trinajstić information content (AvgIpc) is 2.84. The summed E-state index contributed by atoms with van der Waals surface area (Å²) in [5, 5.41) is 8.71. The molecule has 0 spiro atoms. The van der Waals surface area contributed by atoms with E-state index in [0.717, 1.165) is 11.3 Å². The van der Waals surface area contributed by atoms with E-state index in [4.69, 9.17) is 22.2 Å². The van der Waals surface area contributed by atoms with Gasteiger partial charge in [0.1, 0.15) is 11.8 Å². The monoisotopic (exact) mass is 297 g/mol. The van der Waals surface area contributed by atoms with Gasteiger partial charge in [-0.05, 0) is 29.9 Å². The van der Waals surface area contributed by atoms with Gasteiger partial charge < -0.3 is 9.72 Å². The minimum absolute atomic E-state index is 0.384. The van der Waals surface area contributed by atoms with Gasteiger partial charge >= 0.3 is 0 Å². The molecule has 0 saturated heterocycles. The van der Waals surface area contributed by atoms with Crippen molar-refractivity contribution in [1.29, 1.82) is 5.26 Å². The highest BCUT2D eigenvalue weighted by Gasteiger charge is 2.12. The number of hydrogen-bond acceptors (Lipinski definition) is 5. The number of hydrogen-bond donors (Lipinski definition) is 1. The Morgan fingerprint density at radius 2 is 2.10 bits per heavy atom. The number of benzene rings is 1. The summed E-state index contributed by atoms with van der Waals surface area (Å²) in [5.74, 6) is 0.450. The van der Waals surface area contributed by atoms with E-state index < -0.39 is 0 Å². The summed E-state index contributed by atoms with van der Waals surface area (Å²) < 4.78 is 7.53. The molecule has 0 atom stereocenters. The van der Waals surface area contributed by atoms with Crippen LogP contribution in [0.2, 0.25) is 0 Å². The van der Waals surface area contributed by atoms with E-state index >= 15 is 0 Å². The molecule has 3 aromatic rings. The third-order valence-electron chi connectivity index (χ3n) is 3.11. The molecule has 1 aromatic carbocycles. The second kappa shape index (κ2) is 5.34. The highest BCUT2D eigenvalue weighted by molar-refractivity contribution is 7.71. The summed E-state index contributed by atoms with van der Waals surface area (Å²) in [7, 11) is 1.55. The first-order valence-electron chi connectivity index (χ1n) is 6.20. The summed E-state index contributed by atoms with van der Waals surface area (Å²) in [4.78, 5) is 11.4. The van der Waals surface area contributed by atoms with Crippen LogP contribution in [0.5, 0.6) is 5.88 Å². The number of aromatic amines is 1. The molecule has 6 nitrogen and oxygen atoms in total. The van der Waals surface area contributed by atoms with Crippen molar-refractivity contribution < 1.29 is 4.74 Å². The molecule has 2 heterocycles. The van der Waals surface area contributed by atoms with Crippen molar-refractivity contribution in [2.45, 2.75) is 6.42 Å². The average molecular weight is 297 g/mol. The maximum atomic E-state index is 8.71. The van der Waals surface area contributed by atoms with Gasteiger partial charge in [-0.25, -0.2) is 4.98 Å². The first-order chi connectivity index (χ1) is 10.2. The summed E-state index contributed by atoms with van der Waals surface area (Å²) >= 11 is 5.36. The van der Waals surface area contributed by atoms with Crippen LogP contribution in [0.4, 0.5) is 0 Å². The number of nitrogens with one attached hydrogen (secondary N) is 1. The molecule has 0 aliphatic heterocycles. The van der Waals surface area contributed by atoms with E-state index in [-0.39, 0.29) is 0 Å². The van der Waals surface area contributed by atoms with E-state index in [0.29, 0.717) is 28.2 Å². The normalized spacial score (nSPS) is 10.5. The molecule has 7 heteroatoms. The number of rotatable bonds is 3. The van der Waals surface area contributed by atoms with Crippen LogP contribution in [0.15, 0.2) is 30.6 Å². The van der Waals surface area contributed by atoms with E-state index in [1.54, 1.807) is 7.11 Å². The third-order valence-corrected chi connectivity index (χ3v) is 3.40. The third kappa shape index (κ3) is 2.26. The lowest BCUT2D eigenvalue weighted by Crippen LogP contribution is -1.97. The molecule has 0 aliphatic carbocycles. The van der Waals surface area contributed by atoms with Crippen LogP contribution in [0.25, 0.3) is 16.9 Å². The molecule has 0 bridgehead atoms. The SMILES string of the molecule is COc1ncnc2c1[nH]c(=S)n2-c1ccc(CC#N)cc1. The molecular weight excluding hydrogens is 286 g/mol. The van der Waals surface area contributed by atoms with Gasteiger partial charge in [0.15, 0.2) is 10.4 Å². The number of nitrogens with zero attached hydrogens (tertiary/aromatic N) is 4. The van der Waals surface area contributed by atoms with Gasteiger partial charge in [0.2, 0.25) is 5.88 Å². The van der Waals surface area contributed by atoms with Gasteiger partial charge in [-0.3, -0.25) is 4.57 Å². The highest BCUT2D eigenvalue weighted by atomic mass is 32.1. The Bertz CT molecular complexity index is 888. The molecule has 0 amide bonds. The Morgan fingerprint density at radius 1 is 1.33 bits per heavy atom. The van der Waals surface area contributed by atoms with Gasteiger partial charge in [0, 0.05) is 5.69 Å². The van der Waals surface area contributed by atoms with E-state index in [1.165, 1.54) is 6.33 Å². The van der Waals surface area contributed by atoms with Crippen molar-refractivity contribution in [1.82, 2.24) is 19.5 Å². The number of nitriles is 1. The molecule has 0 unspecified atom stereocenters. The first kappa shape index (κ1) is 13.3. The minimum atomic E-state index is 0.384. The quantitative estimate of drug-likeness (QED) is 0.751. The fourth-order valence-corrected chi connectivity index (χ4v) is 2.44. The van der Waals surface area contributed by atoms with Gasteiger partial charge in [0.05, 0.1) is 19.6 Å². The molecule has 0 saturated carbocycles. The molecular formula is C14H11N5OS. The van der Waals surface area contributed by atoms with Gasteiger partial charge in [-0.2, -0.15) is 10.2 Å². The zero-order valence-corrected chi connectivity index (χ0v) is 12.0. The van der Waals surface area contributed by atoms with Gasteiger partial charge in [0.25, 0.3) is 0 Å². The number of imidazole rings is 1. The highest BCUT2D eigenvalue weighted by Crippen LogP contribution is 2.23. The lowest BCUT2D eigenvalue weighted by Gasteiger charge is -2.05. The standard InChI is InChI=1S/C14H11N5OS/c1-20-13-11-12(16-8-17-13)19(14(21)18-11)10-4-2-9(3-5-10)6-7-15/h2-5,8H,6H2,1H3,(H,18,21). The Labute approximate surface area is 125 Å². The van der Waals surface area contributed by atoms with Crippen LogP contribution >= 0.6 is 12.2 Å². The number of methoxy groups -OCH3 is 1. The van der Waals surface area contributed by atoms with Gasteiger partial charge in [-0.1, -0.05) is 12.1 Å². The van der Waals surface area contributed by atoms with Crippen molar-refractivity contribution in [3.05, 3.63) is 40.9 Å². The first-order valence-corrected chi connectivity index (χ1v) is 6.61. The molecule has 0 fully saturated rings. The van der Waals surface area contributed by atoms with Crippen LogP contribution in [-0.4, -0.2) is 26.6 Å². The van der Waals surface area contributed by atoms with Crippen molar-refractivity contribution >= 4 is 23.4 Å².